The van der Waals surface area contributed by atoms with Crippen LogP contribution in [0.4, 0.5) is 27.8 Å². The highest BCUT2D eigenvalue weighted by Crippen LogP contribution is 2.41. The summed E-state index contributed by atoms with van der Waals surface area (Å²) < 4.78 is 77.8. The largest absolute Gasteiger partial charge is 0.461 e. The van der Waals surface area contributed by atoms with Gasteiger partial charge in [0.2, 0.25) is 0 Å². The summed E-state index contributed by atoms with van der Waals surface area (Å²) in [6.45, 7) is 2.60. The number of pyridine rings is 1. The van der Waals surface area contributed by atoms with Crippen LogP contribution in [0.25, 0.3) is 22.2 Å². The van der Waals surface area contributed by atoms with Gasteiger partial charge in [-0.3, -0.25) is 9.88 Å². The van der Waals surface area contributed by atoms with Gasteiger partial charge in [0.1, 0.15) is 29.8 Å². The van der Waals surface area contributed by atoms with Gasteiger partial charge < -0.3 is 15.0 Å². The lowest BCUT2D eigenvalue weighted by Gasteiger charge is -2.34. The first-order chi connectivity index (χ1) is 19.7. The van der Waals surface area contributed by atoms with Crippen molar-refractivity contribution in [3.8, 4) is 23.3 Å². The third-order valence-corrected chi connectivity index (χ3v) is 8.25. The molecule has 0 amide bonds. The van der Waals surface area contributed by atoms with Crippen molar-refractivity contribution in [2.24, 2.45) is 0 Å². The van der Waals surface area contributed by atoms with E-state index in [-0.39, 0.29) is 36.0 Å². The number of nitrogens with one attached hydrogen (secondary N) is 1. The van der Waals surface area contributed by atoms with E-state index in [1.807, 2.05) is 4.90 Å². The van der Waals surface area contributed by atoms with E-state index in [0.29, 0.717) is 38.4 Å². The molecule has 0 aliphatic carbocycles. The highest BCUT2D eigenvalue weighted by Gasteiger charge is 2.49. The van der Waals surface area contributed by atoms with Crippen molar-refractivity contribution in [3.05, 3.63) is 41.8 Å². The highest BCUT2D eigenvalue weighted by molar-refractivity contribution is 5.92. The summed E-state index contributed by atoms with van der Waals surface area (Å²) in [6, 6.07) is 6.50. The average molecular weight is 574 g/mol. The molecular formula is C28H28F5N7O. The van der Waals surface area contributed by atoms with Gasteiger partial charge in [0.25, 0.3) is 0 Å². The van der Waals surface area contributed by atoms with Gasteiger partial charge in [0.05, 0.1) is 29.0 Å². The normalized spacial score (nSPS) is 24.9. The average Bonchev–Trinajstić information content (AvgIpc) is 3.47. The Morgan fingerprint density at radius 2 is 2.00 bits per heavy atom. The van der Waals surface area contributed by atoms with Crippen molar-refractivity contribution >= 4 is 16.7 Å². The third-order valence-electron chi connectivity index (χ3n) is 8.25. The van der Waals surface area contributed by atoms with Gasteiger partial charge in [-0.05, 0) is 25.5 Å². The molecule has 3 saturated heterocycles. The number of aromatic nitrogens is 3. The molecule has 0 spiro atoms. The molecule has 1 aromatic carbocycles. The van der Waals surface area contributed by atoms with Gasteiger partial charge in [-0.15, -0.1) is 0 Å². The van der Waals surface area contributed by atoms with E-state index in [9.17, 15) is 22.8 Å². The maximum absolute atomic E-state index is 16.1. The lowest BCUT2D eigenvalue weighted by atomic mass is 9.95. The standard InChI is InChI=1S/C28H28F5N7O/c29-17-12-27(7-3-10-40(27)14-17)16-41-26-37-24-20(25(38-26)39-11-9-35-18(15-39)6-8-34)13-36-23(22(24)30)19-4-1-2-5-21(19)28(31,32)33/h1-2,4-5,13,17-18,35H,3,6-7,9-12,14-16H2/t17-,18+,27+/m1/s1. The molecule has 5 heterocycles. The minimum atomic E-state index is -4.72. The van der Waals surface area contributed by atoms with E-state index in [0.717, 1.165) is 25.5 Å². The number of fused-ring (bicyclic) bond motifs is 2. The van der Waals surface area contributed by atoms with E-state index < -0.39 is 40.5 Å². The summed E-state index contributed by atoms with van der Waals surface area (Å²) in [5.74, 6) is -0.714. The number of anilines is 1. The summed E-state index contributed by atoms with van der Waals surface area (Å²) in [7, 11) is 0. The molecule has 41 heavy (non-hydrogen) atoms. The number of piperazine rings is 1. The molecular weight excluding hydrogens is 545 g/mol. The first-order valence-electron chi connectivity index (χ1n) is 13.6. The number of benzene rings is 1. The number of rotatable bonds is 6. The quantitative estimate of drug-likeness (QED) is 0.432. The third kappa shape index (κ3) is 5.15. The van der Waals surface area contributed by atoms with Crippen LogP contribution < -0.4 is 15.0 Å². The van der Waals surface area contributed by atoms with E-state index in [2.05, 4.69) is 31.2 Å². The molecule has 2 aromatic heterocycles. The zero-order chi connectivity index (χ0) is 28.8. The fourth-order valence-corrected chi connectivity index (χ4v) is 6.36. The van der Waals surface area contributed by atoms with Crippen LogP contribution in [0, 0.1) is 17.1 Å². The Balaban J connectivity index is 1.44. The second-order valence-electron chi connectivity index (χ2n) is 10.9. The lowest BCUT2D eigenvalue weighted by Crippen LogP contribution is -2.51. The second kappa shape index (κ2) is 10.6. The summed E-state index contributed by atoms with van der Waals surface area (Å²) >= 11 is 0. The van der Waals surface area contributed by atoms with Crippen LogP contribution >= 0.6 is 0 Å². The fraction of sp³-hybridized carbons (Fsp3) is 0.500. The second-order valence-corrected chi connectivity index (χ2v) is 10.9. The number of ether oxygens (including phenoxy) is 1. The van der Waals surface area contributed by atoms with E-state index in [1.54, 1.807) is 0 Å². The predicted molar refractivity (Wildman–Crippen MR) is 141 cm³/mol. The summed E-state index contributed by atoms with van der Waals surface area (Å²) in [4.78, 5) is 17.0. The minimum absolute atomic E-state index is 0.105. The summed E-state index contributed by atoms with van der Waals surface area (Å²) in [5, 5.41) is 12.7. The number of halogens is 5. The Labute approximate surface area is 233 Å². The molecule has 3 aliphatic rings. The molecule has 0 saturated carbocycles. The Morgan fingerprint density at radius 1 is 1.17 bits per heavy atom. The Morgan fingerprint density at radius 3 is 2.80 bits per heavy atom. The van der Waals surface area contributed by atoms with Crippen molar-refractivity contribution < 1.29 is 26.7 Å². The molecule has 0 bridgehead atoms. The van der Waals surface area contributed by atoms with Crippen LogP contribution in [0.5, 0.6) is 6.01 Å². The molecule has 216 valence electrons. The molecule has 3 aliphatic heterocycles. The molecule has 3 atom stereocenters. The van der Waals surface area contributed by atoms with E-state index >= 15 is 4.39 Å². The number of hydrogen-bond acceptors (Lipinski definition) is 8. The minimum Gasteiger partial charge on any atom is -0.461 e. The Kier molecular flexibility index (Phi) is 7.15. The smallest absolute Gasteiger partial charge is 0.417 e. The van der Waals surface area contributed by atoms with Gasteiger partial charge in [0.15, 0.2) is 5.82 Å². The van der Waals surface area contributed by atoms with Crippen LogP contribution in [-0.4, -0.2) is 76.9 Å². The van der Waals surface area contributed by atoms with Gasteiger partial charge in [-0.2, -0.15) is 28.4 Å². The van der Waals surface area contributed by atoms with Gasteiger partial charge in [-0.1, -0.05) is 18.2 Å². The van der Waals surface area contributed by atoms with Crippen molar-refractivity contribution in [2.75, 3.05) is 44.2 Å². The molecule has 13 heteroatoms. The first kappa shape index (κ1) is 27.5. The predicted octanol–water partition coefficient (Wildman–Crippen LogP) is 4.50. The van der Waals surface area contributed by atoms with E-state index in [4.69, 9.17) is 4.74 Å². The summed E-state index contributed by atoms with van der Waals surface area (Å²) in [6.07, 6.45) is -2.19. The highest BCUT2D eigenvalue weighted by atomic mass is 19.4. The molecule has 0 unspecified atom stereocenters. The first-order valence-corrected chi connectivity index (χ1v) is 13.6. The van der Waals surface area contributed by atoms with Crippen LogP contribution in [0.3, 0.4) is 0 Å². The SMILES string of the molecule is N#CC[C@H]1CN(c2nc(OC[C@@]34CCCN3C[C@H](F)C4)nc3c(F)c(-c4ccccc4C(F)(F)F)ncc23)CCN1. The molecule has 0 radical (unpaired) electrons. The zero-order valence-corrected chi connectivity index (χ0v) is 22.1. The van der Waals surface area contributed by atoms with Gasteiger partial charge >= 0.3 is 12.2 Å². The molecule has 3 fully saturated rings. The maximum Gasteiger partial charge on any atom is 0.417 e. The van der Waals surface area contributed by atoms with Crippen molar-refractivity contribution in [3.63, 3.8) is 0 Å². The molecule has 3 aromatic rings. The van der Waals surface area contributed by atoms with E-state index in [1.165, 1.54) is 24.4 Å². The fourth-order valence-electron chi connectivity index (χ4n) is 6.36. The molecule has 8 nitrogen and oxygen atoms in total. The lowest BCUT2D eigenvalue weighted by molar-refractivity contribution is -0.137. The van der Waals surface area contributed by atoms with Crippen molar-refractivity contribution in [2.45, 2.75) is 49.6 Å². The van der Waals surface area contributed by atoms with Gasteiger partial charge in [0, 0.05) is 50.4 Å². The van der Waals surface area contributed by atoms with Crippen LogP contribution in [-0.2, 0) is 6.18 Å². The number of hydrogen-bond donors (Lipinski definition) is 1. The van der Waals surface area contributed by atoms with Crippen molar-refractivity contribution in [1.82, 2.24) is 25.2 Å². The van der Waals surface area contributed by atoms with Crippen LogP contribution in [0.15, 0.2) is 30.5 Å². The zero-order valence-electron chi connectivity index (χ0n) is 22.1. The number of alkyl halides is 4. The number of nitriles is 1. The Hall–Kier alpha value is -3.63. The van der Waals surface area contributed by atoms with Crippen LogP contribution in [0.1, 0.15) is 31.2 Å². The maximum atomic E-state index is 16.1. The summed E-state index contributed by atoms with van der Waals surface area (Å²) in [5.41, 5.74) is -2.63. The number of nitrogens with zero attached hydrogens (tertiary/aromatic N) is 6. The van der Waals surface area contributed by atoms with Gasteiger partial charge in [-0.25, -0.2) is 8.78 Å². The Bertz CT molecular complexity index is 1500. The topological polar surface area (TPSA) is 90.2 Å². The monoisotopic (exact) mass is 573 g/mol. The van der Waals surface area contributed by atoms with Crippen molar-refractivity contribution in [1.29, 1.82) is 5.26 Å². The molecule has 6 rings (SSSR count). The molecule has 1 N–H and O–H groups in total. The van der Waals surface area contributed by atoms with Crippen LogP contribution in [0.2, 0.25) is 0 Å².